The van der Waals surface area contributed by atoms with E-state index in [1.54, 1.807) is 0 Å². The minimum absolute atomic E-state index is 0.0293. The molecule has 1 aromatic carbocycles. The van der Waals surface area contributed by atoms with E-state index in [0.29, 0.717) is 6.20 Å². The van der Waals surface area contributed by atoms with Gasteiger partial charge in [0.05, 0.1) is 22.2 Å². The van der Waals surface area contributed by atoms with Crippen molar-refractivity contribution in [3.8, 4) is 11.6 Å². The van der Waals surface area contributed by atoms with Crippen LogP contribution in [0.4, 0.5) is 22.0 Å². The average Bonchev–Trinajstić information content (AvgIpc) is 2.59. The molecule has 0 amide bonds. The van der Waals surface area contributed by atoms with Gasteiger partial charge in [0.2, 0.25) is 5.88 Å². The van der Waals surface area contributed by atoms with E-state index >= 15 is 0 Å². The molecule has 0 aliphatic heterocycles. The molecule has 0 aliphatic carbocycles. The summed E-state index contributed by atoms with van der Waals surface area (Å²) in [6.45, 7) is 10.9. The molecule has 0 N–H and O–H groups in total. The van der Waals surface area contributed by atoms with Crippen LogP contribution in [-0.4, -0.2) is 13.3 Å². The Labute approximate surface area is 181 Å². The summed E-state index contributed by atoms with van der Waals surface area (Å²) in [5.41, 5.74) is -1.21. The van der Waals surface area contributed by atoms with E-state index < -0.39 is 31.7 Å². The highest BCUT2D eigenvalue weighted by Gasteiger charge is 2.38. The predicted molar refractivity (Wildman–Crippen MR) is 110 cm³/mol. The van der Waals surface area contributed by atoms with Crippen LogP contribution in [-0.2, 0) is 17.2 Å². The molecular formula is C20H23BrF5NO2Si. The molecule has 166 valence electrons. The largest absolute Gasteiger partial charge is 0.437 e. The smallest absolute Gasteiger partial charge is 0.418 e. The van der Waals surface area contributed by atoms with Crippen LogP contribution >= 0.6 is 15.9 Å². The van der Waals surface area contributed by atoms with E-state index in [2.05, 4.69) is 20.9 Å². The van der Waals surface area contributed by atoms with E-state index in [0.717, 1.165) is 6.07 Å². The number of ether oxygens (including phenoxy) is 1. The minimum atomic E-state index is -4.58. The van der Waals surface area contributed by atoms with Gasteiger partial charge in [0, 0.05) is 6.20 Å². The van der Waals surface area contributed by atoms with Crippen molar-refractivity contribution in [2.75, 3.05) is 0 Å². The average molecular weight is 512 g/mol. The van der Waals surface area contributed by atoms with Crippen molar-refractivity contribution in [1.82, 2.24) is 4.98 Å². The third kappa shape index (κ3) is 5.20. The summed E-state index contributed by atoms with van der Waals surface area (Å²) in [5, 5.41) is -0.160. The van der Waals surface area contributed by atoms with Gasteiger partial charge in [0.1, 0.15) is 5.75 Å². The Morgan fingerprint density at radius 3 is 2.23 bits per heavy atom. The molecule has 2 rings (SSSR count). The molecule has 0 atom stereocenters. The maximum Gasteiger partial charge on any atom is 0.418 e. The fourth-order valence-corrected chi connectivity index (χ4v) is 3.63. The Morgan fingerprint density at radius 2 is 1.70 bits per heavy atom. The van der Waals surface area contributed by atoms with Gasteiger partial charge in [0.25, 0.3) is 0 Å². The lowest BCUT2D eigenvalue weighted by molar-refractivity contribution is -0.138. The van der Waals surface area contributed by atoms with Crippen LogP contribution in [0.25, 0.3) is 0 Å². The molecule has 0 spiro atoms. The van der Waals surface area contributed by atoms with Crippen LogP contribution in [0.1, 0.15) is 37.5 Å². The third-order valence-electron chi connectivity index (χ3n) is 5.28. The second-order valence-corrected chi connectivity index (χ2v) is 14.0. The number of hydrogen-bond acceptors (Lipinski definition) is 3. The second-order valence-electron chi connectivity index (χ2n) is 8.40. The highest BCUT2D eigenvalue weighted by molar-refractivity contribution is 9.10. The SMILES string of the molecule is Cc1c(C(F)(F)F)cnc(Oc2ccc(F)c(F)c2CO[Si](C)(C)C(C)(C)C)c1Br. The predicted octanol–water partition coefficient (Wildman–Crippen LogP) is 7.76. The number of aromatic nitrogens is 1. The topological polar surface area (TPSA) is 31.4 Å². The van der Waals surface area contributed by atoms with Gasteiger partial charge in [-0.05, 0) is 58.7 Å². The van der Waals surface area contributed by atoms with Crippen LogP contribution in [0.15, 0.2) is 22.8 Å². The van der Waals surface area contributed by atoms with Crippen molar-refractivity contribution in [2.45, 2.75) is 58.6 Å². The van der Waals surface area contributed by atoms with Gasteiger partial charge in [-0.25, -0.2) is 13.8 Å². The summed E-state index contributed by atoms with van der Waals surface area (Å²) in [7, 11) is -2.29. The molecule has 1 heterocycles. The van der Waals surface area contributed by atoms with Gasteiger partial charge >= 0.3 is 6.18 Å². The number of benzene rings is 1. The number of hydrogen-bond donors (Lipinski definition) is 0. The fourth-order valence-electron chi connectivity index (χ4n) is 2.29. The monoisotopic (exact) mass is 511 g/mol. The molecule has 0 aliphatic rings. The van der Waals surface area contributed by atoms with E-state index in [4.69, 9.17) is 9.16 Å². The van der Waals surface area contributed by atoms with Crippen molar-refractivity contribution in [2.24, 2.45) is 0 Å². The Kier molecular flexibility index (Phi) is 7.05. The van der Waals surface area contributed by atoms with Crippen LogP contribution in [0, 0.1) is 18.6 Å². The second kappa shape index (κ2) is 8.55. The molecule has 1 aromatic heterocycles. The summed E-state index contributed by atoms with van der Waals surface area (Å²) >= 11 is 3.06. The first kappa shape index (κ1) is 24.7. The summed E-state index contributed by atoms with van der Waals surface area (Å²) in [4.78, 5) is 3.70. The molecular weight excluding hydrogens is 489 g/mol. The number of halogens is 6. The van der Waals surface area contributed by atoms with Crippen LogP contribution < -0.4 is 4.74 Å². The molecule has 3 nitrogen and oxygen atoms in total. The molecule has 0 saturated heterocycles. The van der Waals surface area contributed by atoms with Gasteiger partial charge in [0.15, 0.2) is 20.0 Å². The Balaban J connectivity index is 2.42. The normalized spacial score (nSPS) is 12.9. The minimum Gasteiger partial charge on any atom is -0.437 e. The van der Waals surface area contributed by atoms with Crippen molar-refractivity contribution in [3.63, 3.8) is 0 Å². The van der Waals surface area contributed by atoms with Crippen LogP contribution in [0.2, 0.25) is 18.1 Å². The van der Waals surface area contributed by atoms with Gasteiger partial charge in [-0.15, -0.1) is 0 Å². The van der Waals surface area contributed by atoms with Gasteiger partial charge in [-0.3, -0.25) is 0 Å². The molecule has 0 unspecified atom stereocenters. The highest BCUT2D eigenvalue weighted by Crippen LogP contribution is 2.41. The maximum atomic E-state index is 14.5. The quantitative estimate of drug-likeness (QED) is 0.303. The Hall–Kier alpha value is -1.52. The lowest BCUT2D eigenvalue weighted by Crippen LogP contribution is -2.40. The van der Waals surface area contributed by atoms with E-state index in [9.17, 15) is 22.0 Å². The van der Waals surface area contributed by atoms with E-state index in [1.165, 1.54) is 13.0 Å². The van der Waals surface area contributed by atoms with Gasteiger partial charge in [-0.2, -0.15) is 13.2 Å². The zero-order valence-electron chi connectivity index (χ0n) is 17.5. The number of alkyl halides is 3. The fraction of sp³-hybridized carbons (Fsp3) is 0.450. The van der Waals surface area contributed by atoms with Crippen LogP contribution in [0.3, 0.4) is 0 Å². The molecule has 10 heteroatoms. The molecule has 2 aromatic rings. The summed E-state index contributed by atoms with van der Waals surface area (Å²) in [6.07, 6.45) is -3.94. The van der Waals surface area contributed by atoms with Crippen molar-refractivity contribution in [1.29, 1.82) is 0 Å². The van der Waals surface area contributed by atoms with E-state index in [1.807, 2.05) is 33.9 Å². The summed E-state index contributed by atoms with van der Waals surface area (Å²) in [5.74, 6) is -2.49. The molecule has 0 saturated carbocycles. The highest BCUT2D eigenvalue weighted by atomic mass is 79.9. The van der Waals surface area contributed by atoms with Crippen molar-refractivity contribution < 1.29 is 31.1 Å². The number of rotatable bonds is 5. The lowest BCUT2D eigenvalue weighted by Gasteiger charge is -2.36. The zero-order chi connectivity index (χ0) is 23.1. The van der Waals surface area contributed by atoms with E-state index in [-0.39, 0.29) is 38.9 Å². The number of pyridine rings is 1. The van der Waals surface area contributed by atoms with Gasteiger partial charge in [-0.1, -0.05) is 20.8 Å². The summed E-state index contributed by atoms with van der Waals surface area (Å²) in [6, 6.07) is 2.08. The maximum absolute atomic E-state index is 14.5. The zero-order valence-corrected chi connectivity index (χ0v) is 20.1. The number of nitrogens with zero attached hydrogens (tertiary/aromatic N) is 1. The Morgan fingerprint density at radius 1 is 1.10 bits per heavy atom. The molecule has 0 fully saturated rings. The molecule has 0 radical (unpaired) electrons. The van der Waals surface area contributed by atoms with Gasteiger partial charge < -0.3 is 9.16 Å². The van der Waals surface area contributed by atoms with Crippen LogP contribution in [0.5, 0.6) is 11.6 Å². The first-order chi connectivity index (χ1) is 13.6. The third-order valence-corrected chi connectivity index (χ3v) is 10.7. The molecule has 30 heavy (non-hydrogen) atoms. The summed E-state index contributed by atoms with van der Waals surface area (Å²) < 4.78 is 79.1. The first-order valence-corrected chi connectivity index (χ1v) is 12.8. The first-order valence-electron chi connectivity index (χ1n) is 9.07. The molecule has 0 bridgehead atoms. The van der Waals surface area contributed by atoms with Crippen molar-refractivity contribution in [3.05, 3.63) is 51.1 Å². The van der Waals surface area contributed by atoms with Crippen molar-refractivity contribution >= 4 is 24.2 Å². The lowest BCUT2D eigenvalue weighted by atomic mass is 10.1. The Bertz CT molecular complexity index is 942. The standard InChI is InChI=1S/C20H23BrF5NO2Si/c1-11-13(20(24,25)26)9-27-18(16(11)21)29-15-8-7-14(22)17(23)12(15)10-28-30(5,6)19(2,3)4/h7-9H,10H2,1-6H3.